The van der Waals surface area contributed by atoms with E-state index in [4.69, 9.17) is 4.52 Å². The first-order chi connectivity index (χ1) is 9.26. The average Bonchev–Trinajstić information content (AvgIpc) is 3.05. The van der Waals surface area contributed by atoms with Gasteiger partial charge in [-0.2, -0.15) is 10.1 Å². The molecule has 110 valence electrons. The molecule has 20 heavy (non-hydrogen) atoms. The second kappa shape index (κ2) is 6.37. The van der Waals surface area contributed by atoms with Crippen molar-refractivity contribution in [1.29, 1.82) is 0 Å². The van der Waals surface area contributed by atoms with Crippen LogP contribution in [-0.4, -0.2) is 33.4 Å². The minimum absolute atomic E-state index is 0. The molecule has 2 atom stereocenters. The minimum atomic E-state index is 0. The van der Waals surface area contributed by atoms with Gasteiger partial charge in [-0.05, 0) is 32.4 Å². The number of nitrogens with zero attached hydrogens (tertiary/aromatic N) is 3. The lowest BCUT2D eigenvalue weighted by molar-refractivity contribution is 0.335. The first-order valence-corrected chi connectivity index (χ1v) is 6.77. The Bertz CT molecular complexity index is 552. The van der Waals surface area contributed by atoms with Gasteiger partial charge >= 0.3 is 0 Å². The molecule has 0 aromatic carbocycles. The van der Waals surface area contributed by atoms with Gasteiger partial charge in [0.1, 0.15) is 0 Å². The first kappa shape index (κ1) is 15.0. The number of aryl methyl sites for hydroxylation is 1. The predicted octanol–water partition coefficient (Wildman–Crippen LogP) is 1.64. The predicted molar refractivity (Wildman–Crippen MR) is 77.1 cm³/mol. The summed E-state index contributed by atoms with van der Waals surface area (Å²) in [5, 5.41) is 14.4. The zero-order valence-corrected chi connectivity index (χ0v) is 12.5. The Hall–Kier alpha value is -1.40. The highest BCUT2D eigenvalue weighted by Gasteiger charge is 2.26. The van der Waals surface area contributed by atoms with E-state index in [0.29, 0.717) is 12.0 Å². The number of aromatic nitrogens is 4. The van der Waals surface area contributed by atoms with Crippen LogP contribution in [0.5, 0.6) is 0 Å². The van der Waals surface area contributed by atoms with E-state index in [2.05, 4.69) is 32.6 Å². The molecule has 0 bridgehead atoms. The number of likely N-dealkylation sites (N-methyl/N-ethyl adjacent to an activating group) is 1. The Balaban J connectivity index is 0.00000147. The van der Waals surface area contributed by atoms with E-state index in [0.717, 1.165) is 37.4 Å². The van der Waals surface area contributed by atoms with E-state index in [1.807, 2.05) is 13.2 Å². The molecule has 3 rings (SSSR count). The Morgan fingerprint density at radius 3 is 3.20 bits per heavy atom. The molecule has 0 aliphatic heterocycles. The van der Waals surface area contributed by atoms with Crippen LogP contribution in [-0.2, 0) is 19.3 Å². The summed E-state index contributed by atoms with van der Waals surface area (Å²) < 4.78 is 5.42. The molecule has 6 nitrogen and oxygen atoms in total. The number of fused-ring (bicyclic) bond motifs is 1. The molecule has 0 amide bonds. The summed E-state index contributed by atoms with van der Waals surface area (Å²) in [5.74, 6) is 1.87. The van der Waals surface area contributed by atoms with Crippen LogP contribution in [0, 0.1) is 0 Å². The Morgan fingerprint density at radius 1 is 1.55 bits per heavy atom. The molecule has 2 aromatic rings. The van der Waals surface area contributed by atoms with Crippen LogP contribution in [0.3, 0.4) is 0 Å². The number of aromatic amines is 1. The SMILES string of the molecule is CNC(C)Cc1noc(C2CCc3cn[nH]c3C2)n1.Cl. The van der Waals surface area contributed by atoms with E-state index in [9.17, 15) is 0 Å². The van der Waals surface area contributed by atoms with Gasteiger partial charge in [-0.25, -0.2) is 0 Å². The lowest BCUT2D eigenvalue weighted by Crippen LogP contribution is -2.24. The van der Waals surface area contributed by atoms with Gasteiger partial charge in [0.2, 0.25) is 5.89 Å². The molecule has 2 heterocycles. The van der Waals surface area contributed by atoms with Crippen LogP contribution in [0.4, 0.5) is 0 Å². The van der Waals surface area contributed by atoms with Crippen molar-refractivity contribution in [2.45, 2.75) is 44.6 Å². The van der Waals surface area contributed by atoms with E-state index >= 15 is 0 Å². The molecule has 0 saturated carbocycles. The summed E-state index contributed by atoms with van der Waals surface area (Å²) in [5.41, 5.74) is 2.53. The smallest absolute Gasteiger partial charge is 0.230 e. The number of rotatable bonds is 4. The summed E-state index contributed by atoms with van der Waals surface area (Å²) in [6, 6.07) is 0.357. The summed E-state index contributed by atoms with van der Waals surface area (Å²) in [6.45, 7) is 2.10. The lowest BCUT2D eigenvalue weighted by Gasteiger charge is -2.17. The molecular formula is C13H20ClN5O. The molecule has 0 fully saturated rings. The van der Waals surface area contributed by atoms with Gasteiger partial charge in [0.15, 0.2) is 5.82 Å². The van der Waals surface area contributed by atoms with Crippen LogP contribution in [0.15, 0.2) is 10.7 Å². The van der Waals surface area contributed by atoms with E-state index in [1.165, 1.54) is 11.3 Å². The molecular weight excluding hydrogens is 278 g/mol. The number of halogens is 1. The normalized spacial score (nSPS) is 19.2. The van der Waals surface area contributed by atoms with Gasteiger partial charge in [0.25, 0.3) is 0 Å². The van der Waals surface area contributed by atoms with Crippen molar-refractivity contribution >= 4 is 12.4 Å². The van der Waals surface area contributed by atoms with Crippen molar-refractivity contribution in [2.75, 3.05) is 7.05 Å². The molecule has 1 aliphatic carbocycles. The maximum atomic E-state index is 5.42. The highest BCUT2D eigenvalue weighted by molar-refractivity contribution is 5.85. The van der Waals surface area contributed by atoms with Gasteiger partial charge in [-0.3, -0.25) is 5.10 Å². The third-order valence-electron chi connectivity index (χ3n) is 3.83. The molecule has 2 aromatic heterocycles. The molecule has 2 N–H and O–H groups in total. The maximum Gasteiger partial charge on any atom is 0.230 e. The van der Waals surface area contributed by atoms with Crippen LogP contribution >= 0.6 is 12.4 Å². The maximum absolute atomic E-state index is 5.42. The fourth-order valence-corrected chi connectivity index (χ4v) is 2.51. The van der Waals surface area contributed by atoms with E-state index < -0.39 is 0 Å². The Labute approximate surface area is 124 Å². The quantitative estimate of drug-likeness (QED) is 0.897. The largest absolute Gasteiger partial charge is 0.339 e. The first-order valence-electron chi connectivity index (χ1n) is 6.77. The molecule has 1 aliphatic rings. The summed E-state index contributed by atoms with van der Waals surface area (Å²) >= 11 is 0. The van der Waals surface area contributed by atoms with Gasteiger partial charge < -0.3 is 9.84 Å². The number of hydrogen-bond donors (Lipinski definition) is 2. The second-order valence-corrected chi connectivity index (χ2v) is 5.26. The number of H-pyrrole nitrogens is 1. The fourth-order valence-electron chi connectivity index (χ4n) is 2.51. The van der Waals surface area contributed by atoms with E-state index in [1.54, 1.807) is 0 Å². The monoisotopic (exact) mass is 297 g/mol. The molecule has 0 saturated heterocycles. The van der Waals surface area contributed by atoms with Gasteiger partial charge in [0.05, 0.1) is 6.20 Å². The molecule has 7 heteroatoms. The standard InChI is InChI=1S/C13H19N5O.ClH/c1-8(14-2)5-12-16-13(19-18-12)9-3-4-10-7-15-17-11(10)6-9;/h7-9,14H,3-6H2,1-2H3,(H,15,17);1H. The van der Waals surface area contributed by atoms with Crippen molar-refractivity contribution in [2.24, 2.45) is 0 Å². The van der Waals surface area contributed by atoms with Crippen LogP contribution in [0.1, 0.15) is 42.2 Å². The zero-order valence-electron chi connectivity index (χ0n) is 11.7. The fraction of sp³-hybridized carbons (Fsp3) is 0.615. The van der Waals surface area contributed by atoms with Gasteiger partial charge in [-0.15, -0.1) is 12.4 Å². The summed E-state index contributed by atoms with van der Waals surface area (Å²) in [6.07, 6.45) is 5.71. The average molecular weight is 298 g/mol. The van der Waals surface area contributed by atoms with Crippen molar-refractivity contribution < 1.29 is 4.52 Å². The number of hydrogen-bond acceptors (Lipinski definition) is 5. The minimum Gasteiger partial charge on any atom is -0.339 e. The van der Waals surface area contributed by atoms with Gasteiger partial charge in [0, 0.05) is 30.5 Å². The van der Waals surface area contributed by atoms with Crippen LogP contribution < -0.4 is 5.32 Å². The van der Waals surface area contributed by atoms with Crippen LogP contribution in [0.25, 0.3) is 0 Å². The van der Waals surface area contributed by atoms with Crippen molar-refractivity contribution in [1.82, 2.24) is 25.7 Å². The Kier molecular flexibility index (Phi) is 4.77. The van der Waals surface area contributed by atoms with Crippen molar-refractivity contribution in [3.8, 4) is 0 Å². The van der Waals surface area contributed by atoms with Crippen molar-refractivity contribution in [3.05, 3.63) is 29.2 Å². The molecule has 2 unspecified atom stereocenters. The topological polar surface area (TPSA) is 79.6 Å². The van der Waals surface area contributed by atoms with E-state index in [-0.39, 0.29) is 12.4 Å². The molecule has 0 radical (unpaired) electrons. The second-order valence-electron chi connectivity index (χ2n) is 5.26. The lowest BCUT2D eigenvalue weighted by atomic mass is 9.88. The third kappa shape index (κ3) is 3.02. The third-order valence-corrected chi connectivity index (χ3v) is 3.83. The Morgan fingerprint density at radius 2 is 2.40 bits per heavy atom. The highest BCUT2D eigenvalue weighted by Crippen LogP contribution is 2.30. The van der Waals surface area contributed by atoms with Gasteiger partial charge in [-0.1, -0.05) is 5.16 Å². The zero-order chi connectivity index (χ0) is 13.2. The molecule has 0 spiro atoms. The highest BCUT2D eigenvalue weighted by atomic mass is 35.5. The van der Waals surface area contributed by atoms with Crippen molar-refractivity contribution in [3.63, 3.8) is 0 Å². The summed E-state index contributed by atoms with van der Waals surface area (Å²) in [7, 11) is 1.94. The number of nitrogens with one attached hydrogen (secondary N) is 2. The van der Waals surface area contributed by atoms with Crippen LogP contribution in [0.2, 0.25) is 0 Å². The summed E-state index contributed by atoms with van der Waals surface area (Å²) in [4.78, 5) is 4.53.